The lowest BCUT2D eigenvalue weighted by Gasteiger charge is -2.25. The fourth-order valence-electron chi connectivity index (χ4n) is 2.34. The number of nitriles is 1. The van der Waals surface area contributed by atoms with Crippen molar-refractivity contribution in [2.24, 2.45) is 5.92 Å². The van der Waals surface area contributed by atoms with Crippen molar-refractivity contribution in [3.8, 4) is 6.07 Å². The van der Waals surface area contributed by atoms with Crippen LogP contribution in [0.4, 0.5) is 0 Å². The third kappa shape index (κ3) is 1.96. The van der Waals surface area contributed by atoms with Crippen LogP contribution in [-0.2, 0) is 0 Å². The first-order valence-electron chi connectivity index (χ1n) is 5.34. The van der Waals surface area contributed by atoms with Crippen LogP contribution >= 0.6 is 0 Å². The first-order chi connectivity index (χ1) is 6.90. The molecule has 1 saturated carbocycles. The molecule has 0 bridgehead atoms. The second-order valence-electron chi connectivity index (χ2n) is 4.10. The molecule has 1 heteroatoms. The van der Waals surface area contributed by atoms with E-state index in [9.17, 15) is 0 Å². The Morgan fingerprint density at radius 2 is 1.93 bits per heavy atom. The zero-order valence-corrected chi connectivity index (χ0v) is 8.32. The van der Waals surface area contributed by atoms with Crippen LogP contribution in [0.1, 0.15) is 37.2 Å². The Kier molecular flexibility index (Phi) is 2.84. The van der Waals surface area contributed by atoms with Gasteiger partial charge in [0.1, 0.15) is 0 Å². The van der Waals surface area contributed by atoms with Crippen molar-refractivity contribution in [2.75, 3.05) is 0 Å². The van der Waals surface area contributed by atoms with Gasteiger partial charge in [-0.25, -0.2) is 0 Å². The predicted molar refractivity (Wildman–Crippen MR) is 56.8 cm³/mol. The maximum absolute atomic E-state index is 8.91. The van der Waals surface area contributed by atoms with Gasteiger partial charge in [0.2, 0.25) is 0 Å². The molecule has 1 fully saturated rings. The third-order valence-electron chi connectivity index (χ3n) is 3.13. The summed E-state index contributed by atoms with van der Waals surface area (Å²) in [7, 11) is 0. The van der Waals surface area contributed by atoms with E-state index < -0.39 is 0 Å². The average Bonchev–Trinajstić information content (AvgIpc) is 2.30. The molecule has 0 N–H and O–H groups in total. The summed E-state index contributed by atoms with van der Waals surface area (Å²) in [5, 5.41) is 8.91. The molecule has 0 aromatic heterocycles. The van der Waals surface area contributed by atoms with Crippen LogP contribution in [0.15, 0.2) is 30.3 Å². The van der Waals surface area contributed by atoms with Gasteiger partial charge in [-0.1, -0.05) is 36.8 Å². The molecule has 0 radical (unpaired) electrons. The molecule has 72 valence electrons. The van der Waals surface area contributed by atoms with Crippen molar-refractivity contribution in [1.29, 1.82) is 5.26 Å². The van der Waals surface area contributed by atoms with E-state index in [0.717, 1.165) is 12.8 Å². The van der Waals surface area contributed by atoms with E-state index in [0.29, 0.717) is 5.92 Å². The summed E-state index contributed by atoms with van der Waals surface area (Å²) in [4.78, 5) is 0. The van der Waals surface area contributed by atoms with Crippen molar-refractivity contribution in [3.05, 3.63) is 35.9 Å². The number of rotatable bonds is 1. The first kappa shape index (κ1) is 9.27. The molecular formula is C13H15N. The van der Waals surface area contributed by atoms with Crippen LogP contribution in [0.2, 0.25) is 0 Å². The zero-order valence-electron chi connectivity index (χ0n) is 8.32. The lowest BCUT2D eigenvalue weighted by Crippen LogP contribution is -2.12. The topological polar surface area (TPSA) is 23.8 Å². The van der Waals surface area contributed by atoms with Crippen LogP contribution in [0, 0.1) is 17.2 Å². The van der Waals surface area contributed by atoms with Crippen molar-refractivity contribution < 1.29 is 0 Å². The summed E-state index contributed by atoms with van der Waals surface area (Å²) >= 11 is 0. The van der Waals surface area contributed by atoms with Gasteiger partial charge in [0, 0.05) is 5.92 Å². The van der Waals surface area contributed by atoms with Crippen LogP contribution in [-0.4, -0.2) is 0 Å². The van der Waals surface area contributed by atoms with Crippen LogP contribution in [0.5, 0.6) is 0 Å². The van der Waals surface area contributed by atoms with Gasteiger partial charge in [0.05, 0.1) is 6.07 Å². The smallest absolute Gasteiger partial charge is 0.0656 e. The van der Waals surface area contributed by atoms with E-state index in [1.807, 2.05) is 6.07 Å². The second-order valence-corrected chi connectivity index (χ2v) is 4.10. The minimum atomic E-state index is 0.286. The van der Waals surface area contributed by atoms with Crippen molar-refractivity contribution >= 4 is 0 Å². The van der Waals surface area contributed by atoms with Crippen LogP contribution in [0.3, 0.4) is 0 Å². The fourth-order valence-corrected chi connectivity index (χ4v) is 2.34. The molecule has 0 aliphatic heterocycles. The maximum atomic E-state index is 8.91. The minimum absolute atomic E-state index is 0.286. The SMILES string of the molecule is N#CC1CCC[C@H](c2ccccc2)C1. The number of benzene rings is 1. The molecule has 1 aromatic rings. The Labute approximate surface area is 85.4 Å². The first-order valence-corrected chi connectivity index (χ1v) is 5.34. The molecule has 0 saturated heterocycles. The molecule has 1 nitrogen and oxygen atoms in total. The molecule has 0 amide bonds. The largest absolute Gasteiger partial charge is 0.198 e. The van der Waals surface area contributed by atoms with Crippen molar-refractivity contribution in [1.82, 2.24) is 0 Å². The highest BCUT2D eigenvalue weighted by atomic mass is 14.3. The lowest BCUT2D eigenvalue weighted by atomic mass is 9.79. The van der Waals surface area contributed by atoms with Crippen LogP contribution in [0.25, 0.3) is 0 Å². The molecule has 14 heavy (non-hydrogen) atoms. The Morgan fingerprint density at radius 1 is 1.14 bits per heavy atom. The van der Waals surface area contributed by atoms with E-state index in [2.05, 4.69) is 30.3 Å². The summed E-state index contributed by atoms with van der Waals surface area (Å²) in [5.74, 6) is 0.906. The highest BCUT2D eigenvalue weighted by Gasteiger charge is 2.22. The number of hydrogen-bond acceptors (Lipinski definition) is 1. The van der Waals surface area contributed by atoms with Gasteiger partial charge in [0.15, 0.2) is 0 Å². The molecule has 1 aliphatic rings. The fraction of sp³-hybridized carbons (Fsp3) is 0.462. The van der Waals surface area contributed by atoms with Crippen molar-refractivity contribution in [3.63, 3.8) is 0 Å². The Hall–Kier alpha value is -1.29. The minimum Gasteiger partial charge on any atom is -0.198 e. The van der Waals surface area contributed by atoms with E-state index in [1.165, 1.54) is 18.4 Å². The molecule has 1 aromatic carbocycles. The molecule has 0 spiro atoms. The summed E-state index contributed by atoms with van der Waals surface area (Å²) in [6.45, 7) is 0. The molecule has 2 rings (SSSR count). The van der Waals surface area contributed by atoms with Gasteiger partial charge in [-0.15, -0.1) is 0 Å². The van der Waals surface area contributed by atoms with Gasteiger partial charge in [-0.3, -0.25) is 0 Å². The molecule has 0 heterocycles. The Bertz CT molecular complexity index is 323. The van der Waals surface area contributed by atoms with Gasteiger partial charge in [-0.2, -0.15) is 5.26 Å². The molecule has 1 unspecified atom stereocenters. The monoisotopic (exact) mass is 185 g/mol. The Morgan fingerprint density at radius 3 is 2.64 bits per heavy atom. The molecular weight excluding hydrogens is 170 g/mol. The summed E-state index contributed by atoms with van der Waals surface area (Å²) in [5.41, 5.74) is 1.41. The van der Waals surface area contributed by atoms with E-state index >= 15 is 0 Å². The van der Waals surface area contributed by atoms with E-state index in [-0.39, 0.29) is 5.92 Å². The Balaban J connectivity index is 2.09. The van der Waals surface area contributed by atoms with Gasteiger partial charge >= 0.3 is 0 Å². The standard InChI is InChI=1S/C13H15N/c14-10-11-5-4-8-13(9-11)12-6-2-1-3-7-12/h1-3,6-7,11,13H,4-5,8-9H2/t11?,13-/m0/s1. The highest BCUT2D eigenvalue weighted by molar-refractivity contribution is 5.20. The predicted octanol–water partition coefficient (Wildman–Crippen LogP) is 3.48. The average molecular weight is 185 g/mol. The van der Waals surface area contributed by atoms with Gasteiger partial charge in [-0.05, 0) is 30.7 Å². The summed E-state index contributed by atoms with van der Waals surface area (Å²) in [6, 6.07) is 13.0. The van der Waals surface area contributed by atoms with Gasteiger partial charge in [0.25, 0.3) is 0 Å². The van der Waals surface area contributed by atoms with Crippen LogP contribution < -0.4 is 0 Å². The van der Waals surface area contributed by atoms with Gasteiger partial charge < -0.3 is 0 Å². The normalized spacial score (nSPS) is 26.8. The number of nitrogens with zero attached hydrogens (tertiary/aromatic N) is 1. The quantitative estimate of drug-likeness (QED) is 0.657. The highest BCUT2D eigenvalue weighted by Crippen LogP contribution is 2.35. The summed E-state index contributed by atoms with van der Waals surface area (Å²) < 4.78 is 0. The molecule has 2 atom stereocenters. The number of hydrogen-bond donors (Lipinski definition) is 0. The molecule has 1 aliphatic carbocycles. The maximum Gasteiger partial charge on any atom is 0.0656 e. The third-order valence-corrected chi connectivity index (χ3v) is 3.13. The zero-order chi connectivity index (χ0) is 9.80. The lowest BCUT2D eigenvalue weighted by molar-refractivity contribution is 0.379. The van der Waals surface area contributed by atoms with E-state index in [1.54, 1.807) is 0 Å². The van der Waals surface area contributed by atoms with Crippen molar-refractivity contribution in [2.45, 2.75) is 31.6 Å². The van der Waals surface area contributed by atoms with E-state index in [4.69, 9.17) is 5.26 Å². The second kappa shape index (κ2) is 4.28. The summed E-state index contributed by atoms with van der Waals surface area (Å²) in [6.07, 6.45) is 4.61.